The van der Waals surface area contributed by atoms with Crippen LogP contribution in [0, 0.1) is 0 Å². The summed E-state index contributed by atoms with van der Waals surface area (Å²) >= 11 is 19.9. The summed E-state index contributed by atoms with van der Waals surface area (Å²) < 4.78 is 5.59. The molecule has 0 atom stereocenters. The second-order valence-corrected chi connectivity index (χ2v) is 10.7. The Morgan fingerprint density at radius 3 is 2.47 bits per heavy atom. The monoisotopic (exact) mass is 599 g/mol. The molecule has 0 saturated carbocycles. The summed E-state index contributed by atoms with van der Waals surface area (Å²) in [5.74, 6) is -0.742. The van der Waals surface area contributed by atoms with Crippen LogP contribution in [0.5, 0.6) is 5.75 Å². The fourth-order valence-electron chi connectivity index (χ4n) is 3.34. The molecule has 0 fully saturated rings. The Hall–Kier alpha value is -2.44. The average molecular weight is 601 g/mol. The maximum atomic E-state index is 13.3. The number of aliphatic hydroxyl groups is 1. The summed E-state index contributed by atoms with van der Waals surface area (Å²) in [5, 5.41) is 17.5. The van der Waals surface area contributed by atoms with Crippen molar-refractivity contribution in [3.63, 3.8) is 0 Å². The lowest BCUT2D eigenvalue weighted by molar-refractivity contribution is 0.102. The largest absolute Gasteiger partial charge is 0.489 e. The second-order valence-electron chi connectivity index (χ2n) is 8.61. The van der Waals surface area contributed by atoms with E-state index in [4.69, 9.17) is 39.5 Å². The first kappa shape index (κ1) is 30.1. The number of rotatable bonds is 12. The van der Waals surface area contributed by atoms with Crippen molar-refractivity contribution in [2.75, 3.05) is 58.1 Å². The number of pyridine rings is 1. The lowest BCUT2D eigenvalue weighted by Crippen LogP contribution is -2.28. The standard InChI is InChI=1S/C25H28Cl3N5O4S/c1-32(2)6-7-33(3)13-15-14-38-23(21(15)28)25(36)31-22-18(10-17(27)11-19(22)37-9-8-34)24(35)30-20-5-4-16(26)12-29-20/h4-5,10-12,14,34H,6-9,13H2,1-3H3,(H,31,36)(H,29,30,35). The van der Waals surface area contributed by atoms with Gasteiger partial charge in [-0.3, -0.25) is 9.59 Å². The Labute approximate surface area is 240 Å². The van der Waals surface area contributed by atoms with Crippen LogP contribution in [0.15, 0.2) is 35.8 Å². The van der Waals surface area contributed by atoms with Crippen LogP contribution in [0.4, 0.5) is 11.5 Å². The van der Waals surface area contributed by atoms with Gasteiger partial charge < -0.3 is 30.3 Å². The Morgan fingerprint density at radius 2 is 1.82 bits per heavy atom. The zero-order chi connectivity index (χ0) is 27.8. The number of hydrogen-bond donors (Lipinski definition) is 3. The summed E-state index contributed by atoms with van der Waals surface area (Å²) in [7, 11) is 5.99. The number of hydrogen-bond acceptors (Lipinski definition) is 8. The first-order valence-corrected chi connectivity index (χ1v) is 13.5. The van der Waals surface area contributed by atoms with E-state index in [1.54, 1.807) is 6.07 Å². The predicted molar refractivity (Wildman–Crippen MR) is 153 cm³/mol. The first-order valence-electron chi connectivity index (χ1n) is 11.5. The number of aliphatic hydroxyl groups excluding tert-OH is 1. The van der Waals surface area contributed by atoms with Gasteiger partial charge in [-0.2, -0.15) is 0 Å². The number of anilines is 2. The molecule has 2 aromatic heterocycles. The molecule has 0 aliphatic heterocycles. The number of amides is 2. The average Bonchev–Trinajstić information content (AvgIpc) is 3.23. The van der Waals surface area contributed by atoms with E-state index in [9.17, 15) is 14.7 Å². The molecule has 3 aromatic rings. The summed E-state index contributed by atoms with van der Waals surface area (Å²) in [6, 6.07) is 5.96. The van der Waals surface area contributed by atoms with Crippen LogP contribution in [-0.4, -0.2) is 79.2 Å². The lowest BCUT2D eigenvalue weighted by Gasteiger charge is -2.19. The summed E-state index contributed by atoms with van der Waals surface area (Å²) in [6.45, 7) is 1.93. The van der Waals surface area contributed by atoms with Gasteiger partial charge in [-0.15, -0.1) is 11.3 Å². The molecule has 0 spiro atoms. The number of ether oxygens (including phenoxy) is 1. The van der Waals surface area contributed by atoms with Crippen LogP contribution < -0.4 is 15.4 Å². The third-order valence-corrected chi connectivity index (χ3v) is 7.26. The number of carbonyl (C=O) groups excluding carboxylic acids is 2. The summed E-state index contributed by atoms with van der Waals surface area (Å²) in [4.78, 5) is 35.1. The Morgan fingerprint density at radius 1 is 1.05 bits per heavy atom. The number of thiophene rings is 1. The van der Waals surface area contributed by atoms with Gasteiger partial charge in [-0.05, 0) is 50.3 Å². The van der Waals surface area contributed by atoms with E-state index in [0.717, 1.165) is 18.7 Å². The second kappa shape index (κ2) is 14.1. The number of nitrogens with one attached hydrogen (secondary N) is 2. The maximum absolute atomic E-state index is 13.3. The number of nitrogens with zero attached hydrogens (tertiary/aromatic N) is 3. The highest BCUT2D eigenvalue weighted by molar-refractivity contribution is 7.13. The van der Waals surface area contributed by atoms with Crippen LogP contribution >= 0.6 is 46.1 Å². The van der Waals surface area contributed by atoms with Crippen LogP contribution in [-0.2, 0) is 6.54 Å². The molecule has 9 nitrogen and oxygen atoms in total. The smallest absolute Gasteiger partial charge is 0.267 e. The highest BCUT2D eigenvalue weighted by Gasteiger charge is 2.24. The molecular formula is C25H28Cl3N5O4S. The van der Waals surface area contributed by atoms with Gasteiger partial charge in [0.05, 0.1) is 27.9 Å². The van der Waals surface area contributed by atoms with Crippen molar-refractivity contribution < 1.29 is 19.4 Å². The number of aromatic nitrogens is 1. The fraction of sp³-hybridized carbons (Fsp3) is 0.320. The van der Waals surface area contributed by atoms with Gasteiger partial charge in [-0.1, -0.05) is 34.8 Å². The van der Waals surface area contributed by atoms with Gasteiger partial charge in [0.1, 0.15) is 23.1 Å². The summed E-state index contributed by atoms with van der Waals surface area (Å²) in [5.41, 5.74) is 0.933. The Balaban J connectivity index is 1.88. The number of likely N-dealkylation sites (N-methyl/N-ethyl adjacent to an activating group) is 2. The molecule has 0 unspecified atom stereocenters. The van der Waals surface area contributed by atoms with Crippen LogP contribution in [0.3, 0.4) is 0 Å². The van der Waals surface area contributed by atoms with Crippen molar-refractivity contribution >= 4 is 69.5 Å². The zero-order valence-corrected chi connectivity index (χ0v) is 24.1. The quantitative estimate of drug-likeness (QED) is 0.269. The van der Waals surface area contributed by atoms with Gasteiger partial charge in [0.15, 0.2) is 0 Å². The van der Waals surface area contributed by atoms with Gasteiger partial charge in [0, 0.05) is 36.9 Å². The molecule has 3 N–H and O–H groups in total. The highest BCUT2D eigenvalue weighted by atomic mass is 35.5. The van der Waals surface area contributed by atoms with E-state index in [-0.39, 0.29) is 45.9 Å². The van der Waals surface area contributed by atoms with Crippen LogP contribution in [0.1, 0.15) is 25.6 Å². The number of benzene rings is 1. The van der Waals surface area contributed by atoms with E-state index >= 15 is 0 Å². The minimum atomic E-state index is -0.591. The van der Waals surface area contributed by atoms with Crippen molar-refractivity contribution in [3.05, 3.63) is 66.9 Å². The molecule has 13 heteroatoms. The van der Waals surface area contributed by atoms with Crippen molar-refractivity contribution in [3.8, 4) is 5.75 Å². The van der Waals surface area contributed by atoms with Gasteiger partial charge >= 0.3 is 0 Å². The van der Waals surface area contributed by atoms with Crippen molar-refractivity contribution in [2.24, 2.45) is 0 Å². The molecule has 204 valence electrons. The van der Waals surface area contributed by atoms with E-state index in [0.29, 0.717) is 16.6 Å². The predicted octanol–water partition coefficient (Wildman–Crippen LogP) is 4.97. The molecule has 38 heavy (non-hydrogen) atoms. The molecule has 0 aliphatic carbocycles. The Kier molecular flexibility index (Phi) is 11.2. The van der Waals surface area contributed by atoms with E-state index < -0.39 is 11.8 Å². The first-order chi connectivity index (χ1) is 18.1. The maximum Gasteiger partial charge on any atom is 0.267 e. The number of halogens is 3. The van der Waals surface area contributed by atoms with Crippen LogP contribution in [0.2, 0.25) is 15.1 Å². The highest BCUT2D eigenvalue weighted by Crippen LogP contribution is 2.36. The van der Waals surface area contributed by atoms with Gasteiger partial charge in [-0.25, -0.2) is 4.98 Å². The molecule has 1 aromatic carbocycles. The van der Waals surface area contributed by atoms with Gasteiger partial charge in [0.25, 0.3) is 11.8 Å². The molecule has 2 heterocycles. The minimum Gasteiger partial charge on any atom is -0.489 e. The normalized spacial score (nSPS) is 11.2. The summed E-state index contributed by atoms with van der Waals surface area (Å²) in [6.07, 6.45) is 1.39. The van der Waals surface area contributed by atoms with Crippen molar-refractivity contribution in [1.82, 2.24) is 14.8 Å². The number of carbonyl (C=O) groups is 2. The molecule has 0 radical (unpaired) electrons. The van der Waals surface area contributed by atoms with Gasteiger partial charge in [0.2, 0.25) is 0 Å². The Bertz CT molecular complexity index is 1270. The zero-order valence-electron chi connectivity index (χ0n) is 21.1. The van der Waals surface area contributed by atoms with Crippen molar-refractivity contribution in [1.29, 1.82) is 0 Å². The van der Waals surface area contributed by atoms with Crippen LogP contribution in [0.25, 0.3) is 0 Å². The van der Waals surface area contributed by atoms with Crippen molar-refractivity contribution in [2.45, 2.75) is 6.54 Å². The fourth-order valence-corrected chi connectivity index (χ4v) is 4.91. The third kappa shape index (κ3) is 8.28. The SMILES string of the molecule is CN(C)CCN(C)Cc1csc(C(=O)Nc2c(OCCO)cc(Cl)cc2C(=O)Nc2ccc(Cl)cn2)c1Cl. The molecule has 2 amide bonds. The molecule has 0 bridgehead atoms. The molecular weight excluding hydrogens is 573 g/mol. The third-order valence-electron chi connectivity index (χ3n) is 5.24. The molecule has 0 saturated heterocycles. The molecule has 3 rings (SSSR count). The topological polar surface area (TPSA) is 107 Å². The minimum absolute atomic E-state index is 0.0341. The lowest BCUT2D eigenvalue weighted by atomic mass is 10.1. The van der Waals surface area contributed by atoms with E-state index in [1.807, 2.05) is 26.5 Å². The van der Waals surface area contributed by atoms with E-state index in [2.05, 4.69) is 25.4 Å². The van der Waals surface area contributed by atoms with E-state index in [1.165, 1.54) is 35.7 Å². The molecule has 0 aliphatic rings.